The normalized spacial score (nSPS) is 11.0. The molecule has 4 rings (SSSR count). The van der Waals surface area contributed by atoms with Gasteiger partial charge in [-0.3, -0.25) is 0 Å². The molecule has 0 saturated carbocycles. The van der Waals surface area contributed by atoms with Gasteiger partial charge in [0.2, 0.25) is 0 Å². The Kier molecular flexibility index (Phi) is 6.65. The number of nitrogens with zero attached hydrogens (tertiary/aromatic N) is 4. The van der Waals surface area contributed by atoms with Crippen LogP contribution < -0.4 is 10.6 Å². The van der Waals surface area contributed by atoms with Crippen LogP contribution in [0.25, 0.3) is 5.69 Å². The molecule has 2 aromatic heterocycles. The molecule has 0 aliphatic carbocycles. The van der Waals surface area contributed by atoms with Crippen LogP contribution in [-0.4, -0.2) is 31.9 Å². The molecule has 2 heterocycles. The van der Waals surface area contributed by atoms with Gasteiger partial charge in [-0.05, 0) is 35.9 Å². The van der Waals surface area contributed by atoms with E-state index in [0.717, 1.165) is 28.5 Å². The summed E-state index contributed by atoms with van der Waals surface area (Å²) in [5, 5.41) is 10.4. The Morgan fingerprint density at radius 1 is 1.03 bits per heavy atom. The second-order valence-electron chi connectivity index (χ2n) is 7.99. The molecule has 0 fully saturated rings. The molecule has 0 atom stereocenters. The average Bonchev–Trinajstić information content (AvgIpc) is 3.44. The van der Waals surface area contributed by atoms with Gasteiger partial charge in [-0.25, -0.2) is 14.5 Å². The predicted molar refractivity (Wildman–Crippen MR) is 126 cm³/mol. The van der Waals surface area contributed by atoms with Crippen LogP contribution in [0.2, 0.25) is 0 Å². The number of nitrogens with one attached hydrogen (secondary N) is 2. The van der Waals surface area contributed by atoms with Crippen LogP contribution in [0.5, 0.6) is 0 Å². The fourth-order valence-corrected chi connectivity index (χ4v) is 3.60. The van der Waals surface area contributed by atoms with Crippen molar-refractivity contribution in [3.05, 3.63) is 96.3 Å². The summed E-state index contributed by atoms with van der Waals surface area (Å²) in [6.45, 7) is 5.49. The quantitative estimate of drug-likeness (QED) is 0.430. The summed E-state index contributed by atoms with van der Waals surface area (Å²) in [6.07, 6.45) is 6.40. The molecule has 2 N–H and O–H groups in total. The Morgan fingerprint density at radius 3 is 2.69 bits per heavy atom. The molecule has 7 nitrogen and oxygen atoms in total. The molecule has 164 valence electrons. The van der Waals surface area contributed by atoms with E-state index in [-0.39, 0.29) is 6.03 Å². The summed E-state index contributed by atoms with van der Waals surface area (Å²) >= 11 is 0. The van der Waals surface area contributed by atoms with Crippen molar-refractivity contribution in [2.24, 2.45) is 0 Å². The maximum absolute atomic E-state index is 12.3. The number of amides is 2. The first-order chi connectivity index (χ1) is 15.6. The van der Waals surface area contributed by atoms with E-state index in [2.05, 4.69) is 45.2 Å². The Bertz CT molecular complexity index is 1160. The Balaban J connectivity index is 1.28. The van der Waals surface area contributed by atoms with Crippen LogP contribution in [0.1, 0.15) is 36.8 Å². The Morgan fingerprint density at radius 2 is 1.88 bits per heavy atom. The lowest BCUT2D eigenvalue weighted by molar-refractivity contribution is 0.252. The van der Waals surface area contributed by atoms with Crippen molar-refractivity contribution in [2.45, 2.75) is 32.7 Å². The number of carbonyl (C=O) groups excluding carboxylic acids is 1. The molecule has 32 heavy (non-hydrogen) atoms. The highest BCUT2D eigenvalue weighted by molar-refractivity contribution is 5.89. The summed E-state index contributed by atoms with van der Waals surface area (Å²) in [5.41, 5.74) is 3.81. The molecule has 0 aliphatic heterocycles. The molecule has 0 saturated heterocycles. The number of carbonyl (C=O) groups is 1. The molecule has 2 amide bonds. The SMILES string of the molecule is CC(C)c1nccn1Cc1cccc(NC(=O)NCCc2ccn(-c3ccccc3)n2)c1. The van der Waals surface area contributed by atoms with Gasteiger partial charge in [-0.15, -0.1) is 0 Å². The molecule has 7 heteroatoms. The number of aromatic nitrogens is 4. The van der Waals surface area contributed by atoms with Crippen molar-refractivity contribution in [1.82, 2.24) is 24.6 Å². The maximum atomic E-state index is 12.3. The third-order valence-corrected chi connectivity index (χ3v) is 5.13. The first kappa shape index (κ1) is 21.4. The number of hydrogen-bond acceptors (Lipinski definition) is 3. The molecular formula is C25H28N6O. The van der Waals surface area contributed by atoms with Gasteiger partial charge in [-0.2, -0.15) is 5.10 Å². The topological polar surface area (TPSA) is 76.8 Å². The molecular weight excluding hydrogens is 400 g/mol. The van der Waals surface area contributed by atoms with Gasteiger partial charge in [0.1, 0.15) is 5.82 Å². The minimum absolute atomic E-state index is 0.227. The number of imidazole rings is 1. The lowest BCUT2D eigenvalue weighted by Gasteiger charge is -2.12. The highest BCUT2D eigenvalue weighted by atomic mass is 16.2. The lowest BCUT2D eigenvalue weighted by atomic mass is 10.1. The highest BCUT2D eigenvalue weighted by Gasteiger charge is 2.09. The number of urea groups is 1. The molecule has 2 aromatic carbocycles. The largest absolute Gasteiger partial charge is 0.337 e. The fraction of sp³-hybridized carbons (Fsp3) is 0.240. The van der Waals surface area contributed by atoms with Crippen LogP contribution in [0.3, 0.4) is 0 Å². The minimum Gasteiger partial charge on any atom is -0.337 e. The van der Waals surface area contributed by atoms with Crippen molar-refractivity contribution >= 4 is 11.7 Å². The molecule has 0 spiro atoms. The number of hydrogen-bond donors (Lipinski definition) is 2. The second kappa shape index (κ2) is 9.96. The zero-order valence-corrected chi connectivity index (χ0v) is 18.4. The molecule has 0 radical (unpaired) electrons. The third kappa shape index (κ3) is 5.43. The van der Waals surface area contributed by atoms with Gasteiger partial charge < -0.3 is 15.2 Å². The zero-order valence-electron chi connectivity index (χ0n) is 18.4. The Labute approximate surface area is 188 Å². The Hall–Kier alpha value is -3.87. The van der Waals surface area contributed by atoms with E-state index in [1.54, 1.807) is 0 Å². The predicted octanol–water partition coefficient (Wildman–Crippen LogP) is 4.60. The summed E-state index contributed by atoms with van der Waals surface area (Å²) in [5.74, 6) is 1.41. The van der Waals surface area contributed by atoms with E-state index >= 15 is 0 Å². The fourth-order valence-electron chi connectivity index (χ4n) is 3.60. The van der Waals surface area contributed by atoms with Gasteiger partial charge >= 0.3 is 6.03 Å². The van der Waals surface area contributed by atoms with Gasteiger partial charge in [-0.1, -0.05) is 44.2 Å². The molecule has 0 bridgehead atoms. The van der Waals surface area contributed by atoms with E-state index in [0.29, 0.717) is 25.4 Å². The summed E-state index contributed by atoms with van der Waals surface area (Å²) in [7, 11) is 0. The number of rotatable bonds is 8. The van der Waals surface area contributed by atoms with Crippen LogP contribution in [-0.2, 0) is 13.0 Å². The maximum Gasteiger partial charge on any atom is 0.319 e. The lowest BCUT2D eigenvalue weighted by Crippen LogP contribution is -2.30. The van der Waals surface area contributed by atoms with Crippen molar-refractivity contribution in [2.75, 3.05) is 11.9 Å². The number of para-hydroxylation sites is 1. The molecule has 0 unspecified atom stereocenters. The zero-order chi connectivity index (χ0) is 22.3. The van der Waals surface area contributed by atoms with Crippen molar-refractivity contribution in [3.8, 4) is 5.69 Å². The van der Waals surface area contributed by atoms with E-state index < -0.39 is 0 Å². The van der Waals surface area contributed by atoms with Gasteiger partial charge in [0.15, 0.2) is 0 Å². The first-order valence-electron chi connectivity index (χ1n) is 10.8. The van der Waals surface area contributed by atoms with Crippen LogP contribution in [0, 0.1) is 0 Å². The van der Waals surface area contributed by atoms with E-state index in [4.69, 9.17) is 0 Å². The summed E-state index contributed by atoms with van der Waals surface area (Å²) in [6, 6.07) is 19.6. The summed E-state index contributed by atoms with van der Waals surface area (Å²) in [4.78, 5) is 16.8. The summed E-state index contributed by atoms with van der Waals surface area (Å²) < 4.78 is 3.98. The monoisotopic (exact) mass is 428 g/mol. The van der Waals surface area contributed by atoms with E-state index in [9.17, 15) is 4.79 Å². The van der Waals surface area contributed by atoms with Gasteiger partial charge in [0.05, 0.1) is 11.4 Å². The van der Waals surface area contributed by atoms with Crippen LogP contribution in [0.15, 0.2) is 79.3 Å². The number of anilines is 1. The van der Waals surface area contributed by atoms with Crippen LogP contribution >= 0.6 is 0 Å². The second-order valence-corrected chi connectivity index (χ2v) is 7.99. The van der Waals surface area contributed by atoms with E-state index in [1.807, 2.05) is 77.9 Å². The van der Waals surface area contributed by atoms with Gasteiger partial charge in [0.25, 0.3) is 0 Å². The van der Waals surface area contributed by atoms with Crippen molar-refractivity contribution in [3.63, 3.8) is 0 Å². The highest BCUT2D eigenvalue weighted by Crippen LogP contribution is 2.16. The van der Waals surface area contributed by atoms with Crippen molar-refractivity contribution < 1.29 is 4.79 Å². The minimum atomic E-state index is -0.227. The third-order valence-electron chi connectivity index (χ3n) is 5.13. The van der Waals surface area contributed by atoms with Gasteiger partial charge in [0, 0.05) is 49.7 Å². The smallest absolute Gasteiger partial charge is 0.319 e. The molecule has 0 aliphatic rings. The first-order valence-corrected chi connectivity index (χ1v) is 10.8. The average molecular weight is 429 g/mol. The van der Waals surface area contributed by atoms with Crippen LogP contribution in [0.4, 0.5) is 10.5 Å². The standard InChI is InChI=1S/C25H28N6O/c1-19(2)24-26-14-16-30(24)18-20-7-6-8-22(17-20)28-25(32)27-13-11-21-12-15-31(29-21)23-9-4-3-5-10-23/h3-10,12,14-17,19H,11,13,18H2,1-2H3,(H2,27,28,32). The molecule has 4 aromatic rings. The van der Waals surface area contributed by atoms with E-state index in [1.165, 1.54) is 0 Å². The number of benzene rings is 2. The van der Waals surface area contributed by atoms with Crippen molar-refractivity contribution in [1.29, 1.82) is 0 Å².